The number of fused-ring (bicyclic) bond motifs is 1. The van der Waals surface area contributed by atoms with Gasteiger partial charge in [-0.15, -0.1) is 0 Å². The number of benzene rings is 2. The lowest BCUT2D eigenvalue weighted by Gasteiger charge is -2.37. The van der Waals surface area contributed by atoms with Crippen molar-refractivity contribution in [1.82, 2.24) is 10.4 Å². The largest absolute Gasteiger partial charge is 0.493 e. The second kappa shape index (κ2) is 8.69. The lowest BCUT2D eigenvalue weighted by Crippen LogP contribution is -2.42. The van der Waals surface area contributed by atoms with Gasteiger partial charge < -0.3 is 19.5 Å². The zero-order valence-corrected chi connectivity index (χ0v) is 19.3. The lowest BCUT2D eigenvalue weighted by molar-refractivity contribution is 0.0351. The van der Waals surface area contributed by atoms with E-state index in [2.05, 4.69) is 65.7 Å². The molecule has 1 unspecified atom stereocenters. The summed E-state index contributed by atoms with van der Waals surface area (Å²) in [6, 6.07) is 13.5. The van der Waals surface area contributed by atoms with Gasteiger partial charge in [0.1, 0.15) is 0 Å². The molecule has 0 radical (unpaired) electrons. The van der Waals surface area contributed by atoms with Crippen molar-refractivity contribution in [1.29, 1.82) is 0 Å². The summed E-state index contributed by atoms with van der Waals surface area (Å²) >= 11 is 0. The number of anilines is 1. The highest BCUT2D eigenvalue weighted by atomic mass is 16.5. The Balaban J connectivity index is 1.67. The van der Waals surface area contributed by atoms with Gasteiger partial charge in [0.05, 0.1) is 25.9 Å². The second-order valence-corrected chi connectivity index (χ2v) is 9.23. The van der Waals surface area contributed by atoms with Gasteiger partial charge in [-0.05, 0) is 74.1 Å². The predicted octanol–water partition coefficient (Wildman–Crippen LogP) is 3.53. The van der Waals surface area contributed by atoms with E-state index in [1.54, 1.807) is 14.2 Å². The molecule has 2 aromatic carbocycles. The molecule has 0 amide bonds. The van der Waals surface area contributed by atoms with Crippen LogP contribution in [0.2, 0.25) is 0 Å². The number of ether oxygens (including phenoxy) is 2. The highest BCUT2D eigenvalue weighted by Gasteiger charge is 2.30. The first kappa shape index (κ1) is 21.9. The lowest BCUT2D eigenvalue weighted by atomic mass is 9.91. The summed E-state index contributed by atoms with van der Waals surface area (Å²) in [4.78, 5) is 2.36. The minimum Gasteiger partial charge on any atom is -0.493 e. The Hall–Kier alpha value is -2.28. The van der Waals surface area contributed by atoms with E-state index in [1.165, 1.54) is 22.4 Å². The van der Waals surface area contributed by atoms with Crippen LogP contribution in [0, 0.1) is 0 Å². The zero-order valence-electron chi connectivity index (χ0n) is 19.3. The molecule has 6 heteroatoms. The molecule has 1 saturated heterocycles. The van der Waals surface area contributed by atoms with Gasteiger partial charge in [0.2, 0.25) is 0 Å². The summed E-state index contributed by atoms with van der Waals surface area (Å²) in [5, 5.41) is 12.4. The van der Waals surface area contributed by atoms with Crippen molar-refractivity contribution in [3.63, 3.8) is 0 Å². The number of nitrogens with one attached hydrogen (secondary N) is 1. The number of piperidine rings is 1. The van der Waals surface area contributed by atoms with E-state index in [0.717, 1.165) is 43.9 Å². The first-order valence-corrected chi connectivity index (χ1v) is 11.1. The van der Waals surface area contributed by atoms with Crippen LogP contribution in [0.3, 0.4) is 0 Å². The molecular formula is C25H35N3O3. The number of rotatable bonds is 4. The fourth-order valence-corrected chi connectivity index (χ4v) is 4.89. The summed E-state index contributed by atoms with van der Waals surface area (Å²) in [6.07, 6.45) is 2.52. The molecule has 2 atom stereocenters. The number of aliphatic hydroxyl groups is 1. The third-order valence-corrected chi connectivity index (χ3v) is 6.69. The Labute approximate surface area is 185 Å². The van der Waals surface area contributed by atoms with E-state index in [0.29, 0.717) is 6.04 Å². The Morgan fingerprint density at radius 3 is 2.26 bits per heavy atom. The maximum absolute atomic E-state index is 10.2. The van der Waals surface area contributed by atoms with E-state index < -0.39 is 5.60 Å². The topological polar surface area (TPSA) is 57.2 Å². The van der Waals surface area contributed by atoms with Crippen LogP contribution in [0.4, 0.5) is 5.69 Å². The van der Waals surface area contributed by atoms with E-state index in [-0.39, 0.29) is 6.04 Å². The molecule has 0 spiro atoms. The van der Waals surface area contributed by atoms with Crippen molar-refractivity contribution < 1.29 is 14.6 Å². The molecule has 168 valence electrons. The normalized spacial score (nSPS) is 23.7. The molecule has 2 aliphatic rings. The van der Waals surface area contributed by atoms with Gasteiger partial charge >= 0.3 is 0 Å². The number of hydrazine groups is 1. The van der Waals surface area contributed by atoms with Crippen molar-refractivity contribution in [2.24, 2.45) is 0 Å². The minimum absolute atomic E-state index is 0.0656. The van der Waals surface area contributed by atoms with Gasteiger partial charge in [-0.3, -0.25) is 5.43 Å². The fourth-order valence-electron chi connectivity index (χ4n) is 4.89. The Kier molecular flexibility index (Phi) is 6.15. The molecule has 0 aromatic heterocycles. The van der Waals surface area contributed by atoms with Crippen molar-refractivity contribution in [3.8, 4) is 11.5 Å². The van der Waals surface area contributed by atoms with Crippen LogP contribution in [-0.2, 0) is 6.42 Å². The van der Waals surface area contributed by atoms with Crippen LogP contribution in [0.15, 0.2) is 36.4 Å². The average molecular weight is 426 g/mol. The van der Waals surface area contributed by atoms with Crippen molar-refractivity contribution in [3.05, 3.63) is 53.1 Å². The highest BCUT2D eigenvalue weighted by molar-refractivity contribution is 5.53. The van der Waals surface area contributed by atoms with Gasteiger partial charge in [-0.2, -0.15) is 0 Å². The molecule has 31 heavy (non-hydrogen) atoms. The van der Waals surface area contributed by atoms with Gasteiger partial charge in [-0.25, -0.2) is 5.01 Å². The number of methoxy groups -OCH3 is 2. The van der Waals surface area contributed by atoms with E-state index >= 15 is 0 Å². The average Bonchev–Trinajstić information content (AvgIpc) is 2.86. The van der Waals surface area contributed by atoms with Gasteiger partial charge in [0.15, 0.2) is 11.5 Å². The Morgan fingerprint density at radius 2 is 1.65 bits per heavy atom. The standard InChI is InChI=1S/C25H35N3O3/c1-17-14-19-15-22(30-4)23(31-5)16-21(19)24(27(3)26-17)18-6-8-20(9-7-18)28-12-10-25(2,29)11-13-28/h6-9,15-17,24,26,29H,10-14H2,1-5H3/t17-,24?/m0/s1. The molecular weight excluding hydrogens is 390 g/mol. The van der Waals surface area contributed by atoms with Crippen LogP contribution in [-0.4, -0.2) is 56.1 Å². The summed E-state index contributed by atoms with van der Waals surface area (Å²) in [5.41, 5.74) is 8.02. The first-order valence-electron chi connectivity index (χ1n) is 11.1. The third kappa shape index (κ3) is 4.52. The predicted molar refractivity (Wildman–Crippen MR) is 124 cm³/mol. The van der Waals surface area contributed by atoms with Crippen LogP contribution < -0.4 is 19.8 Å². The van der Waals surface area contributed by atoms with Gasteiger partial charge in [0, 0.05) is 31.9 Å². The number of nitrogens with zero attached hydrogens (tertiary/aromatic N) is 2. The molecule has 2 aromatic rings. The molecule has 0 bridgehead atoms. The monoisotopic (exact) mass is 425 g/mol. The van der Waals surface area contributed by atoms with Gasteiger partial charge in [-0.1, -0.05) is 12.1 Å². The van der Waals surface area contributed by atoms with Crippen molar-refractivity contribution in [2.45, 2.75) is 50.8 Å². The molecule has 6 nitrogen and oxygen atoms in total. The maximum atomic E-state index is 10.2. The van der Waals surface area contributed by atoms with Crippen LogP contribution >= 0.6 is 0 Å². The quantitative estimate of drug-likeness (QED) is 0.782. The molecule has 2 aliphatic heterocycles. The molecule has 0 saturated carbocycles. The number of hydrogen-bond donors (Lipinski definition) is 2. The summed E-state index contributed by atoms with van der Waals surface area (Å²) in [7, 11) is 5.48. The minimum atomic E-state index is -0.536. The van der Waals surface area contributed by atoms with Crippen molar-refractivity contribution >= 4 is 5.69 Å². The van der Waals surface area contributed by atoms with Crippen molar-refractivity contribution in [2.75, 3.05) is 39.3 Å². The third-order valence-electron chi connectivity index (χ3n) is 6.69. The van der Waals surface area contributed by atoms with Crippen LogP contribution in [0.25, 0.3) is 0 Å². The highest BCUT2D eigenvalue weighted by Crippen LogP contribution is 2.39. The molecule has 2 N–H and O–H groups in total. The summed E-state index contributed by atoms with van der Waals surface area (Å²) in [5.74, 6) is 1.53. The fraction of sp³-hybridized carbons (Fsp3) is 0.520. The smallest absolute Gasteiger partial charge is 0.161 e. The summed E-state index contributed by atoms with van der Waals surface area (Å²) < 4.78 is 11.2. The molecule has 2 heterocycles. The molecule has 1 fully saturated rings. The Morgan fingerprint density at radius 1 is 1.03 bits per heavy atom. The molecule has 4 rings (SSSR count). The Bertz CT molecular complexity index is 903. The second-order valence-electron chi connectivity index (χ2n) is 9.23. The summed E-state index contributed by atoms with van der Waals surface area (Å²) in [6.45, 7) is 5.90. The van der Waals surface area contributed by atoms with Gasteiger partial charge in [0.25, 0.3) is 0 Å². The maximum Gasteiger partial charge on any atom is 0.161 e. The van der Waals surface area contributed by atoms with E-state index in [4.69, 9.17) is 9.47 Å². The van der Waals surface area contributed by atoms with Crippen LogP contribution in [0.5, 0.6) is 11.5 Å². The zero-order chi connectivity index (χ0) is 22.2. The van der Waals surface area contributed by atoms with E-state index in [1.807, 2.05) is 6.92 Å². The van der Waals surface area contributed by atoms with Crippen LogP contribution in [0.1, 0.15) is 49.4 Å². The number of hydrogen-bond acceptors (Lipinski definition) is 6. The van der Waals surface area contributed by atoms with E-state index in [9.17, 15) is 5.11 Å². The molecule has 0 aliphatic carbocycles. The SMILES string of the molecule is COc1cc2c(cc1OC)C(c1ccc(N3CCC(C)(O)CC3)cc1)N(C)N[C@@H](C)C2. The first-order chi connectivity index (χ1) is 14.8.